The molecule has 3 rings (SSSR count). The van der Waals surface area contributed by atoms with Crippen molar-refractivity contribution < 1.29 is 13.9 Å². The first-order valence-electron chi connectivity index (χ1n) is 8.82. The molecule has 1 saturated heterocycles. The molecule has 0 saturated carbocycles. The Morgan fingerprint density at radius 3 is 2.31 bits per heavy atom. The van der Waals surface area contributed by atoms with Gasteiger partial charge in [-0.25, -0.2) is 9.18 Å². The minimum absolute atomic E-state index is 0.0303. The second-order valence-corrected chi connectivity index (χ2v) is 6.28. The number of ether oxygens (including phenoxy) is 1. The van der Waals surface area contributed by atoms with Crippen LogP contribution in [0.4, 0.5) is 14.9 Å². The van der Waals surface area contributed by atoms with Crippen LogP contribution in [-0.4, -0.2) is 50.8 Å². The van der Waals surface area contributed by atoms with E-state index in [2.05, 4.69) is 10.2 Å². The molecule has 1 aliphatic rings. The van der Waals surface area contributed by atoms with Gasteiger partial charge in [0.25, 0.3) is 0 Å². The van der Waals surface area contributed by atoms with E-state index < -0.39 is 0 Å². The standard InChI is InChI=1S/C20H24FN3O2/c1-26-19-8-2-16(3-9-19)10-11-22-20(25)24-14-12-23(13-15-24)18-6-4-17(21)5-7-18/h2-9H,10-15H2,1H3,(H,22,25). The summed E-state index contributed by atoms with van der Waals surface area (Å²) >= 11 is 0. The molecule has 6 heteroatoms. The van der Waals surface area contributed by atoms with Gasteiger partial charge < -0.3 is 19.9 Å². The van der Waals surface area contributed by atoms with Crippen molar-refractivity contribution in [3.63, 3.8) is 0 Å². The first kappa shape index (κ1) is 18.0. The average molecular weight is 357 g/mol. The third kappa shape index (κ3) is 4.65. The lowest BCUT2D eigenvalue weighted by Gasteiger charge is -2.36. The number of hydrogen-bond donors (Lipinski definition) is 1. The summed E-state index contributed by atoms with van der Waals surface area (Å²) in [5.41, 5.74) is 2.15. The van der Waals surface area contributed by atoms with Gasteiger partial charge in [-0.15, -0.1) is 0 Å². The fraction of sp³-hybridized carbons (Fsp3) is 0.350. The molecule has 0 unspecified atom stereocenters. The number of hydrogen-bond acceptors (Lipinski definition) is 3. The molecule has 2 aromatic rings. The van der Waals surface area contributed by atoms with Crippen LogP contribution < -0.4 is 15.0 Å². The summed E-state index contributed by atoms with van der Waals surface area (Å²) in [4.78, 5) is 16.3. The third-order valence-electron chi connectivity index (χ3n) is 4.61. The molecule has 5 nitrogen and oxygen atoms in total. The number of carbonyl (C=O) groups excluding carboxylic acids is 1. The quantitative estimate of drug-likeness (QED) is 0.895. The number of nitrogens with one attached hydrogen (secondary N) is 1. The lowest BCUT2D eigenvalue weighted by molar-refractivity contribution is 0.194. The van der Waals surface area contributed by atoms with E-state index in [1.807, 2.05) is 29.2 Å². The number of amides is 2. The highest BCUT2D eigenvalue weighted by molar-refractivity contribution is 5.74. The Morgan fingerprint density at radius 2 is 1.69 bits per heavy atom. The number of urea groups is 1. The molecular weight excluding hydrogens is 333 g/mol. The van der Waals surface area contributed by atoms with Crippen LogP contribution in [-0.2, 0) is 6.42 Å². The van der Waals surface area contributed by atoms with Crippen LogP contribution in [0.1, 0.15) is 5.56 Å². The van der Waals surface area contributed by atoms with Crippen molar-refractivity contribution in [3.05, 3.63) is 59.9 Å². The lowest BCUT2D eigenvalue weighted by atomic mass is 10.1. The molecule has 1 N–H and O–H groups in total. The Balaban J connectivity index is 1.41. The Hall–Kier alpha value is -2.76. The number of piperazine rings is 1. The SMILES string of the molecule is COc1ccc(CCNC(=O)N2CCN(c3ccc(F)cc3)CC2)cc1. The smallest absolute Gasteiger partial charge is 0.317 e. The van der Waals surface area contributed by atoms with Gasteiger partial charge in [0.1, 0.15) is 11.6 Å². The Kier molecular flexibility index (Phi) is 5.94. The zero-order valence-corrected chi connectivity index (χ0v) is 15.0. The summed E-state index contributed by atoms with van der Waals surface area (Å²) in [5.74, 6) is 0.598. The fourth-order valence-corrected chi connectivity index (χ4v) is 3.04. The molecule has 0 aliphatic carbocycles. The molecule has 2 amide bonds. The maximum Gasteiger partial charge on any atom is 0.317 e. The van der Waals surface area contributed by atoms with Gasteiger partial charge in [0.2, 0.25) is 0 Å². The average Bonchev–Trinajstić information content (AvgIpc) is 2.69. The summed E-state index contributed by atoms with van der Waals surface area (Å²) in [6, 6.07) is 14.3. The van der Waals surface area contributed by atoms with Crippen molar-refractivity contribution in [1.82, 2.24) is 10.2 Å². The summed E-state index contributed by atoms with van der Waals surface area (Å²) < 4.78 is 18.2. The third-order valence-corrected chi connectivity index (χ3v) is 4.61. The predicted molar refractivity (Wildman–Crippen MR) is 100 cm³/mol. The van der Waals surface area contributed by atoms with Gasteiger partial charge in [0, 0.05) is 38.4 Å². The fourth-order valence-electron chi connectivity index (χ4n) is 3.04. The number of anilines is 1. The van der Waals surface area contributed by atoms with Gasteiger partial charge in [0.15, 0.2) is 0 Å². The highest BCUT2D eigenvalue weighted by Gasteiger charge is 2.20. The van der Waals surface area contributed by atoms with Gasteiger partial charge in [-0.05, 0) is 48.4 Å². The second kappa shape index (κ2) is 8.56. The van der Waals surface area contributed by atoms with Gasteiger partial charge in [-0.2, -0.15) is 0 Å². The van der Waals surface area contributed by atoms with Crippen molar-refractivity contribution in [2.45, 2.75) is 6.42 Å². The zero-order chi connectivity index (χ0) is 18.4. The summed E-state index contributed by atoms with van der Waals surface area (Å²) in [5, 5.41) is 2.98. The molecule has 0 atom stereocenters. The van der Waals surface area contributed by atoms with E-state index in [4.69, 9.17) is 4.74 Å². The van der Waals surface area contributed by atoms with E-state index in [0.29, 0.717) is 19.6 Å². The molecule has 138 valence electrons. The molecule has 0 spiro atoms. The van der Waals surface area contributed by atoms with E-state index in [0.717, 1.165) is 36.5 Å². The topological polar surface area (TPSA) is 44.8 Å². The van der Waals surface area contributed by atoms with Crippen LogP contribution in [0.15, 0.2) is 48.5 Å². The van der Waals surface area contributed by atoms with Gasteiger partial charge >= 0.3 is 6.03 Å². The molecule has 0 radical (unpaired) electrons. The van der Waals surface area contributed by atoms with Crippen molar-refractivity contribution in [2.24, 2.45) is 0 Å². The monoisotopic (exact) mass is 357 g/mol. The molecule has 0 bridgehead atoms. The Bertz CT molecular complexity index is 711. The number of nitrogens with zero attached hydrogens (tertiary/aromatic N) is 2. The van der Waals surface area contributed by atoms with Crippen molar-refractivity contribution >= 4 is 11.7 Å². The van der Waals surface area contributed by atoms with Crippen molar-refractivity contribution in [2.75, 3.05) is 44.7 Å². The first-order chi connectivity index (χ1) is 12.7. The Morgan fingerprint density at radius 1 is 1.04 bits per heavy atom. The summed E-state index contributed by atoms with van der Waals surface area (Å²) in [6.45, 7) is 3.41. The van der Waals surface area contributed by atoms with Gasteiger partial charge in [-0.1, -0.05) is 12.1 Å². The van der Waals surface area contributed by atoms with Gasteiger partial charge in [0.05, 0.1) is 7.11 Å². The number of methoxy groups -OCH3 is 1. The minimum atomic E-state index is -0.233. The van der Waals surface area contributed by atoms with E-state index in [-0.39, 0.29) is 11.8 Å². The van der Waals surface area contributed by atoms with Crippen molar-refractivity contribution in [3.8, 4) is 5.75 Å². The molecule has 1 aliphatic heterocycles. The van der Waals surface area contributed by atoms with Gasteiger partial charge in [-0.3, -0.25) is 0 Å². The lowest BCUT2D eigenvalue weighted by Crippen LogP contribution is -2.52. The molecule has 26 heavy (non-hydrogen) atoms. The van der Waals surface area contributed by atoms with Crippen LogP contribution in [0.25, 0.3) is 0 Å². The van der Waals surface area contributed by atoms with E-state index >= 15 is 0 Å². The Labute approximate surface area is 153 Å². The molecule has 0 aromatic heterocycles. The first-order valence-corrected chi connectivity index (χ1v) is 8.82. The maximum atomic E-state index is 13.0. The normalized spacial score (nSPS) is 14.2. The van der Waals surface area contributed by atoms with E-state index in [1.165, 1.54) is 12.1 Å². The van der Waals surface area contributed by atoms with Crippen LogP contribution in [0.5, 0.6) is 5.75 Å². The number of benzene rings is 2. The largest absolute Gasteiger partial charge is 0.497 e. The van der Waals surface area contributed by atoms with Crippen LogP contribution in [0.2, 0.25) is 0 Å². The number of halogens is 1. The van der Waals surface area contributed by atoms with Crippen molar-refractivity contribution in [1.29, 1.82) is 0 Å². The second-order valence-electron chi connectivity index (χ2n) is 6.28. The zero-order valence-electron chi connectivity index (χ0n) is 15.0. The van der Waals surface area contributed by atoms with Crippen LogP contribution in [0, 0.1) is 5.82 Å². The predicted octanol–water partition coefficient (Wildman–Crippen LogP) is 2.91. The molecular formula is C20H24FN3O2. The highest BCUT2D eigenvalue weighted by Crippen LogP contribution is 2.17. The van der Waals surface area contributed by atoms with E-state index in [9.17, 15) is 9.18 Å². The molecule has 2 aromatic carbocycles. The summed E-state index contributed by atoms with van der Waals surface area (Å²) in [7, 11) is 1.64. The summed E-state index contributed by atoms with van der Waals surface area (Å²) in [6.07, 6.45) is 0.783. The van der Waals surface area contributed by atoms with E-state index in [1.54, 1.807) is 19.2 Å². The molecule has 1 fully saturated rings. The minimum Gasteiger partial charge on any atom is -0.497 e. The number of rotatable bonds is 5. The maximum absolute atomic E-state index is 13.0. The highest BCUT2D eigenvalue weighted by atomic mass is 19.1. The van der Waals surface area contributed by atoms with Crippen LogP contribution >= 0.6 is 0 Å². The number of carbonyl (C=O) groups is 1. The van der Waals surface area contributed by atoms with Crippen LogP contribution in [0.3, 0.4) is 0 Å². The molecule has 1 heterocycles.